The molecule has 18 heavy (non-hydrogen) atoms. The van der Waals surface area contributed by atoms with E-state index in [0.29, 0.717) is 17.6 Å². The summed E-state index contributed by atoms with van der Waals surface area (Å²) in [5, 5.41) is 3.45. The van der Waals surface area contributed by atoms with E-state index in [2.05, 4.69) is 43.3 Å². The predicted molar refractivity (Wildman–Crippen MR) is 75.0 cm³/mol. The molecule has 1 heterocycles. The molecule has 2 unspecified atom stereocenters. The zero-order valence-electron chi connectivity index (χ0n) is 12.4. The van der Waals surface area contributed by atoms with Crippen molar-refractivity contribution in [1.29, 1.82) is 0 Å². The van der Waals surface area contributed by atoms with Crippen LogP contribution in [0.3, 0.4) is 0 Å². The summed E-state index contributed by atoms with van der Waals surface area (Å²) in [7, 11) is 8.77. The number of rotatable bonds is 5. The normalized spacial score (nSPS) is 31.7. The fraction of sp³-hybridized carbons (Fsp3) is 1.00. The molecule has 1 N–H and O–H groups in total. The van der Waals surface area contributed by atoms with Crippen molar-refractivity contribution in [2.45, 2.75) is 43.3 Å². The average molecular weight is 255 g/mol. The van der Waals surface area contributed by atoms with E-state index in [1.807, 2.05) is 0 Å². The largest absolute Gasteiger partial charge is 0.380 e. The van der Waals surface area contributed by atoms with E-state index in [1.54, 1.807) is 0 Å². The van der Waals surface area contributed by atoms with Crippen LogP contribution < -0.4 is 5.32 Å². The Morgan fingerprint density at radius 2 is 2.00 bits per heavy atom. The van der Waals surface area contributed by atoms with Crippen LogP contribution in [0.4, 0.5) is 0 Å². The first kappa shape index (κ1) is 14.3. The lowest BCUT2D eigenvalue weighted by molar-refractivity contribution is -0.0317. The van der Waals surface area contributed by atoms with Crippen LogP contribution in [0, 0.1) is 0 Å². The van der Waals surface area contributed by atoms with E-state index in [1.165, 1.54) is 19.3 Å². The molecule has 2 fully saturated rings. The maximum atomic E-state index is 5.67. The molecular formula is C14H29N3O. The fourth-order valence-corrected chi connectivity index (χ4v) is 3.41. The molecule has 2 rings (SSSR count). The van der Waals surface area contributed by atoms with Crippen molar-refractivity contribution in [3.63, 3.8) is 0 Å². The molecule has 1 saturated carbocycles. The summed E-state index contributed by atoms with van der Waals surface area (Å²) in [6, 6.07) is 1.09. The first-order valence-electron chi connectivity index (χ1n) is 7.22. The average Bonchev–Trinajstić information content (AvgIpc) is 2.33. The maximum absolute atomic E-state index is 5.67. The molecule has 2 aliphatic rings. The monoisotopic (exact) mass is 255 g/mol. The molecule has 1 saturated heterocycles. The second-order valence-electron chi connectivity index (χ2n) is 6.21. The van der Waals surface area contributed by atoms with Gasteiger partial charge in [0, 0.05) is 30.8 Å². The van der Waals surface area contributed by atoms with Crippen LogP contribution in [-0.2, 0) is 4.74 Å². The number of nitrogens with zero attached hydrogens (tertiary/aromatic N) is 2. The van der Waals surface area contributed by atoms with E-state index >= 15 is 0 Å². The van der Waals surface area contributed by atoms with Crippen LogP contribution in [-0.4, -0.2) is 75.4 Å². The van der Waals surface area contributed by atoms with Crippen molar-refractivity contribution in [2.75, 3.05) is 47.9 Å². The Labute approximate surface area is 112 Å². The van der Waals surface area contributed by atoms with Crippen LogP contribution in [0.1, 0.15) is 25.7 Å². The summed E-state index contributed by atoms with van der Waals surface area (Å²) < 4.78 is 5.67. The van der Waals surface area contributed by atoms with Crippen molar-refractivity contribution in [2.24, 2.45) is 0 Å². The van der Waals surface area contributed by atoms with Gasteiger partial charge in [-0.1, -0.05) is 0 Å². The van der Waals surface area contributed by atoms with E-state index in [0.717, 1.165) is 26.2 Å². The van der Waals surface area contributed by atoms with Gasteiger partial charge < -0.3 is 15.0 Å². The highest BCUT2D eigenvalue weighted by molar-refractivity contribution is 4.99. The summed E-state index contributed by atoms with van der Waals surface area (Å²) >= 11 is 0. The van der Waals surface area contributed by atoms with Crippen molar-refractivity contribution < 1.29 is 4.74 Å². The molecule has 0 amide bonds. The van der Waals surface area contributed by atoms with Gasteiger partial charge in [0.1, 0.15) is 0 Å². The Kier molecular flexibility index (Phi) is 4.64. The minimum Gasteiger partial charge on any atom is -0.380 e. The molecule has 106 valence electrons. The van der Waals surface area contributed by atoms with E-state index in [4.69, 9.17) is 4.74 Å². The van der Waals surface area contributed by atoms with Crippen LogP contribution >= 0.6 is 0 Å². The van der Waals surface area contributed by atoms with Gasteiger partial charge in [-0.25, -0.2) is 0 Å². The minimum absolute atomic E-state index is 0.407. The minimum atomic E-state index is 0.407. The summed E-state index contributed by atoms with van der Waals surface area (Å²) in [6.45, 7) is 2.92. The highest BCUT2D eigenvalue weighted by atomic mass is 16.5. The van der Waals surface area contributed by atoms with Crippen LogP contribution in [0.5, 0.6) is 0 Å². The van der Waals surface area contributed by atoms with Gasteiger partial charge in [0.2, 0.25) is 0 Å². The number of nitrogens with one attached hydrogen (secondary N) is 1. The lowest BCUT2D eigenvalue weighted by Gasteiger charge is -2.51. The Hall–Kier alpha value is -0.160. The topological polar surface area (TPSA) is 27.7 Å². The second-order valence-corrected chi connectivity index (χ2v) is 6.21. The maximum Gasteiger partial charge on any atom is 0.0636 e. The zero-order chi connectivity index (χ0) is 13.2. The molecular weight excluding hydrogens is 226 g/mol. The Balaban J connectivity index is 1.95. The molecule has 0 radical (unpaired) electrons. The van der Waals surface area contributed by atoms with Gasteiger partial charge in [-0.15, -0.1) is 0 Å². The first-order valence-corrected chi connectivity index (χ1v) is 7.22. The molecule has 0 aromatic heterocycles. The third kappa shape index (κ3) is 2.72. The molecule has 0 aromatic carbocycles. The third-order valence-electron chi connectivity index (χ3n) is 5.04. The summed E-state index contributed by atoms with van der Waals surface area (Å²) in [4.78, 5) is 4.94. The Bertz CT molecular complexity index is 266. The number of hydrogen-bond donors (Lipinski definition) is 1. The molecule has 0 bridgehead atoms. The molecule has 0 aromatic rings. The summed E-state index contributed by atoms with van der Waals surface area (Å²) in [6.07, 6.45) is 5.17. The summed E-state index contributed by atoms with van der Waals surface area (Å²) in [5.74, 6) is 0. The Morgan fingerprint density at radius 1 is 1.28 bits per heavy atom. The lowest BCUT2D eigenvalue weighted by atomic mass is 9.75. The van der Waals surface area contributed by atoms with Crippen LogP contribution in [0.15, 0.2) is 0 Å². The van der Waals surface area contributed by atoms with Crippen LogP contribution in [0.25, 0.3) is 0 Å². The van der Waals surface area contributed by atoms with Gasteiger partial charge in [-0.2, -0.15) is 0 Å². The van der Waals surface area contributed by atoms with Gasteiger partial charge in [0.25, 0.3) is 0 Å². The highest BCUT2D eigenvalue weighted by Gasteiger charge is 2.41. The smallest absolute Gasteiger partial charge is 0.0636 e. The standard InChI is InChI=1S/C14H29N3O/c1-15-12-6-9-18-10-13(12)17(4)11-14(16(2)3)7-5-8-14/h12-13,15H,5-11H2,1-4H3. The van der Waals surface area contributed by atoms with Crippen molar-refractivity contribution in [1.82, 2.24) is 15.1 Å². The Morgan fingerprint density at radius 3 is 2.50 bits per heavy atom. The highest BCUT2D eigenvalue weighted by Crippen LogP contribution is 2.37. The van der Waals surface area contributed by atoms with Crippen molar-refractivity contribution >= 4 is 0 Å². The van der Waals surface area contributed by atoms with Gasteiger partial charge in [0.05, 0.1) is 6.61 Å². The second kappa shape index (κ2) is 5.87. The molecule has 4 nitrogen and oxygen atoms in total. The number of hydrogen-bond acceptors (Lipinski definition) is 4. The van der Waals surface area contributed by atoms with Crippen molar-refractivity contribution in [3.8, 4) is 0 Å². The number of ether oxygens (including phenoxy) is 1. The molecule has 1 aliphatic carbocycles. The molecule has 0 spiro atoms. The van der Waals surface area contributed by atoms with Gasteiger partial charge in [0.15, 0.2) is 0 Å². The van der Waals surface area contributed by atoms with E-state index in [9.17, 15) is 0 Å². The zero-order valence-corrected chi connectivity index (χ0v) is 12.4. The molecule has 2 atom stereocenters. The lowest BCUT2D eigenvalue weighted by Crippen LogP contribution is -2.61. The fourth-order valence-electron chi connectivity index (χ4n) is 3.41. The first-order chi connectivity index (χ1) is 8.59. The molecule has 4 heteroatoms. The third-order valence-corrected chi connectivity index (χ3v) is 5.04. The predicted octanol–water partition coefficient (Wildman–Crippen LogP) is 0.779. The van der Waals surface area contributed by atoms with Gasteiger partial charge in [-0.05, 0) is 53.9 Å². The van der Waals surface area contributed by atoms with E-state index in [-0.39, 0.29) is 0 Å². The van der Waals surface area contributed by atoms with Gasteiger partial charge in [-0.3, -0.25) is 4.90 Å². The summed E-state index contributed by atoms with van der Waals surface area (Å²) in [5.41, 5.74) is 0.407. The van der Waals surface area contributed by atoms with Crippen LogP contribution in [0.2, 0.25) is 0 Å². The van der Waals surface area contributed by atoms with E-state index < -0.39 is 0 Å². The number of likely N-dealkylation sites (N-methyl/N-ethyl adjacent to an activating group) is 3. The quantitative estimate of drug-likeness (QED) is 0.786. The van der Waals surface area contributed by atoms with Gasteiger partial charge >= 0.3 is 0 Å². The SMILES string of the molecule is CNC1CCOCC1N(C)CC1(N(C)C)CCC1. The van der Waals surface area contributed by atoms with Crippen molar-refractivity contribution in [3.05, 3.63) is 0 Å². The molecule has 1 aliphatic heterocycles.